The van der Waals surface area contributed by atoms with Gasteiger partial charge in [-0.1, -0.05) is 25.1 Å². The lowest BCUT2D eigenvalue weighted by Crippen LogP contribution is -2.44. The summed E-state index contributed by atoms with van der Waals surface area (Å²) in [5, 5.41) is 11.8. The number of nitrogens with one attached hydrogen (secondary N) is 3. The number of hydrogen-bond donors (Lipinski definition) is 3. The number of nitrogens with zero attached hydrogens (tertiary/aromatic N) is 1. The number of carbonyl (C=O) groups excluding carboxylic acids is 3. The number of aromatic nitrogens is 2. The fraction of sp³-hybridized carbons (Fsp3) is 0.333. The fourth-order valence-electron chi connectivity index (χ4n) is 1.84. The third kappa shape index (κ3) is 4.29. The molecule has 1 aromatic carbocycles. The van der Waals surface area contributed by atoms with Crippen LogP contribution in [-0.2, 0) is 9.53 Å². The highest BCUT2D eigenvalue weighted by Gasteiger charge is 2.17. The van der Waals surface area contributed by atoms with E-state index in [4.69, 9.17) is 4.74 Å². The molecule has 8 heteroatoms. The Balaban J connectivity index is 1.87. The Morgan fingerprint density at radius 1 is 1.30 bits per heavy atom. The van der Waals surface area contributed by atoms with Crippen LogP contribution in [0.2, 0.25) is 0 Å². The SMILES string of the molecule is CC[C@@H](C)NC(=O)NC(=O)COC(=O)c1n[nH]c2ccccc12. The second kappa shape index (κ2) is 7.39. The van der Waals surface area contributed by atoms with Gasteiger partial charge in [0, 0.05) is 11.4 Å². The van der Waals surface area contributed by atoms with Gasteiger partial charge in [-0.3, -0.25) is 15.2 Å². The van der Waals surface area contributed by atoms with Crippen molar-refractivity contribution in [3.8, 4) is 0 Å². The van der Waals surface area contributed by atoms with Crippen molar-refractivity contribution in [2.24, 2.45) is 0 Å². The fourth-order valence-corrected chi connectivity index (χ4v) is 1.84. The second-order valence-electron chi connectivity index (χ2n) is 5.02. The molecular formula is C15H18N4O4. The average Bonchev–Trinajstić information content (AvgIpc) is 2.96. The molecule has 2 rings (SSSR count). The van der Waals surface area contributed by atoms with Gasteiger partial charge in [-0.05, 0) is 19.4 Å². The summed E-state index contributed by atoms with van der Waals surface area (Å²) in [6, 6.07) is 6.38. The highest BCUT2D eigenvalue weighted by atomic mass is 16.5. The summed E-state index contributed by atoms with van der Waals surface area (Å²) >= 11 is 0. The summed E-state index contributed by atoms with van der Waals surface area (Å²) < 4.78 is 4.88. The lowest BCUT2D eigenvalue weighted by molar-refractivity contribution is -0.123. The van der Waals surface area contributed by atoms with Crippen LogP contribution < -0.4 is 10.6 Å². The summed E-state index contributed by atoms with van der Waals surface area (Å²) in [6.07, 6.45) is 0.739. The van der Waals surface area contributed by atoms with E-state index in [2.05, 4.69) is 20.8 Å². The molecule has 0 aliphatic rings. The van der Waals surface area contributed by atoms with Crippen molar-refractivity contribution in [1.29, 1.82) is 0 Å². The minimum atomic E-state index is -0.736. The van der Waals surface area contributed by atoms with Crippen LogP contribution in [0, 0.1) is 0 Å². The Morgan fingerprint density at radius 3 is 2.78 bits per heavy atom. The quantitative estimate of drug-likeness (QED) is 0.720. The number of aromatic amines is 1. The van der Waals surface area contributed by atoms with Gasteiger partial charge in [-0.25, -0.2) is 9.59 Å². The van der Waals surface area contributed by atoms with Crippen molar-refractivity contribution in [3.05, 3.63) is 30.0 Å². The minimum Gasteiger partial charge on any atom is -0.451 e. The molecular weight excluding hydrogens is 300 g/mol. The maximum Gasteiger partial charge on any atom is 0.359 e. The molecule has 1 heterocycles. The topological polar surface area (TPSA) is 113 Å². The van der Waals surface area contributed by atoms with E-state index in [1.165, 1.54) is 0 Å². The first kappa shape index (κ1) is 16.5. The molecule has 3 N–H and O–H groups in total. The van der Waals surface area contributed by atoms with E-state index in [1.807, 2.05) is 13.8 Å². The maximum atomic E-state index is 11.9. The predicted octanol–water partition coefficient (Wildman–Crippen LogP) is 1.34. The van der Waals surface area contributed by atoms with Gasteiger partial charge in [0.15, 0.2) is 12.3 Å². The molecule has 3 amide bonds. The lowest BCUT2D eigenvalue weighted by atomic mass is 10.2. The van der Waals surface area contributed by atoms with Crippen molar-refractivity contribution >= 4 is 28.8 Å². The Labute approximate surface area is 132 Å². The Kier molecular flexibility index (Phi) is 5.29. The van der Waals surface area contributed by atoms with Gasteiger partial charge in [0.05, 0.1) is 5.52 Å². The highest BCUT2D eigenvalue weighted by Crippen LogP contribution is 2.15. The third-order valence-electron chi connectivity index (χ3n) is 3.24. The molecule has 0 saturated heterocycles. The number of para-hydroxylation sites is 1. The number of fused-ring (bicyclic) bond motifs is 1. The van der Waals surface area contributed by atoms with E-state index < -0.39 is 24.5 Å². The monoisotopic (exact) mass is 318 g/mol. The third-order valence-corrected chi connectivity index (χ3v) is 3.24. The van der Waals surface area contributed by atoms with Crippen LogP contribution in [0.25, 0.3) is 10.9 Å². The zero-order valence-electron chi connectivity index (χ0n) is 12.9. The summed E-state index contributed by atoms with van der Waals surface area (Å²) in [5.41, 5.74) is 0.786. The summed E-state index contributed by atoms with van der Waals surface area (Å²) in [7, 11) is 0. The van der Waals surface area contributed by atoms with Crippen molar-refractivity contribution in [2.45, 2.75) is 26.3 Å². The summed E-state index contributed by atoms with van der Waals surface area (Å²) in [5.74, 6) is -1.45. The molecule has 0 spiro atoms. The highest BCUT2D eigenvalue weighted by molar-refractivity contribution is 6.03. The van der Waals surface area contributed by atoms with Gasteiger partial charge < -0.3 is 10.1 Å². The standard InChI is InChI=1S/C15H18N4O4/c1-3-9(2)16-15(22)17-12(20)8-23-14(21)13-10-6-4-5-7-11(10)18-19-13/h4-7,9H,3,8H2,1-2H3,(H,18,19)(H2,16,17,20,22)/t9-/m1/s1. The van der Waals surface area contributed by atoms with Gasteiger partial charge >= 0.3 is 12.0 Å². The van der Waals surface area contributed by atoms with E-state index in [0.29, 0.717) is 10.9 Å². The van der Waals surface area contributed by atoms with Crippen LogP contribution in [0.3, 0.4) is 0 Å². The zero-order valence-corrected chi connectivity index (χ0v) is 12.9. The number of ether oxygens (including phenoxy) is 1. The van der Waals surface area contributed by atoms with Gasteiger partial charge in [0.25, 0.3) is 5.91 Å². The minimum absolute atomic E-state index is 0.0548. The molecule has 0 aliphatic heterocycles. The van der Waals surface area contributed by atoms with Crippen LogP contribution in [-0.4, -0.2) is 40.8 Å². The number of esters is 1. The van der Waals surface area contributed by atoms with E-state index in [9.17, 15) is 14.4 Å². The largest absolute Gasteiger partial charge is 0.451 e. The lowest BCUT2D eigenvalue weighted by Gasteiger charge is -2.11. The smallest absolute Gasteiger partial charge is 0.359 e. The molecule has 2 aromatic rings. The van der Waals surface area contributed by atoms with E-state index in [-0.39, 0.29) is 11.7 Å². The average molecular weight is 318 g/mol. The van der Waals surface area contributed by atoms with Crippen molar-refractivity contribution < 1.29 is 19.1 Å². The van der Waals surface area contributed by atoms with E-state index in [1.54, 1.807) is 24.3 Å². The number of rotatable bonds is 5. The Bertz CT molecular complexity index is 725. The zero-order chi connectivity index (χ0) is 16.8. The number of urea groups is 1. The normalized spacial score (nSPS) is 11.7. The van der Waals surface area contributed by atoms with Crippen LogP contribution in [0.15, 0.2) is 24.3 Å². The summed E-state index contributed by atoms with van der Waals surface area (Å²) in [4.78, 5) is 35.0. The first-order valence-corrected chi connectivity index (χ1v) is 7.21. The predicted molar refractivity (Wildman–Crippen MR) is 82.8 cm³/mol. The van der Waals surface area contributed by atoms with Crippen LogP contribution in [0.1, 0.15) is 30.8 Å². The number of carbonyl (C=O) groups is 3. The number of hydrogen-bond acceptors (Lipinski definition) is 5. The van der Waals surface area contributed by atoms with Crippen molar-refractivity contribution in [3.63, 3.8) is 0 Å². The molecule has 1 aromatic heterocycles. The van der Waals surface area contributed by atoms with E-state index >= 15 is 0 Å². The number of benzene rings is 1. The molecule has 0 unspecified atom stereocenters. The molecule has 23 heavy (non-hydrogen) atoms. The van der Waals surface area contributed by atoms with Gasteiger partial charge in [0.2, 0.25) is 0 Å². The number of imide groups is 1. The maximum absolute atomic E-state index is 11.9. The van der Waals surface area contributed by atoms with Crippen molar-refractivity contribution in [2.75, 3.05) is 6.61 Å². The van der Waals surface area contributed by atoms with Crippen LogP contribution in [0.4, 0.5) is 4.79 Å². The second-order valence-corrected chi connectivity index (χ2v) is 5.02. The van der Waals surface area contributed by atoms with Crippen LogP contribution >= 0.6 is 0 Å². The van der Waals surface area contributed by atoms with Gasteiger partial charge in [0.1, 0.15) is 0 Å². The first-order valence-electron chi connectivity index (χ1n) is 7.21. The molecule has 1 atom stereocenters. The Morgan fingerprint density at radius 2 is 2.04 bits per heavy atom. The molecule has 0 aliphatic carbocycles. The molecule has 0 bridgehead atoms. The molecule has 0 fully saturated rings. The van der Waals surface area contributed by atoms with E-state index in [0.717, 1.165) is 6.42 Å². The number of amides is 3. The molecule has 0 radical (unpaired) electrons. The number of H-pyrrole nitrogens is 1. The molecule has 122 valence electrons. The summed E-state index contributed by atoms with van der Waals surface area (Å²) in [6.45, 7) is 3.16. The van der Waals surface area contributed by atoms with Gasteiger partial charge in [-0.15, -0.1) is 0 Å². The Hall–Kier alpha value is -2.90. The van der Waals surface area contributed by atoms with Crippen molar-refractivity contribution in [1.82, 2.24) is 20.8 Å². The van der Waals surface area contributed by atoms with Gasteiger partial charge in [-0.2, -0.15) is 5.10 Å². The molecule has 0 saturated carbocycles. The molecule has 8 nitrogen and oxygen atoms in total. The van der Waals surface area contributed by atoms with Crippen LogP contribution in [0.5, 0.6) is 0 Å². The first-order chi connectivity index (χ1) is 11.0.